The number of hydrogen-bond acceptors (Lipinski definition) is 6. The summed E-state index contributed by atoms with van der Waals surface area (Å²) in [4.78, 5) is 4.89. The van der Waals surface area contributed by atoms with Crippen molar-refractivity contribution in [1.29, 1.82) is 0 Å². The van der Waals surface area contributed by atoms with Gasteiger partial charge in [0, 0.05) is 43.8 Å². The Morgan fingerprint density at radius 1 is 1.00 bits per heavy atom. The minimum absolute atomic E-state index is 0.751. The van der Waals surface area contributed by atoms with Gasteiger partial charge in [-0.3, -0.25) is 9.47 Å². The smallest absolute Gasteiger partial charge is 0.218 e. The highest BCUT2D eigenvalue weighted by atomic mass is 32.1. The van der Waals surface area contributed by atoms with E-state index in [2.05, 4.69) is 86.3 Å². The number of nitrogens with zero attached hydrogens (tertiary/aromatic N) is 5. The van der Waals surface area contributed by atoms with E-state index in [9.17, 15) is 0 Å². The summed E-state index contributed by atoms with van der Waals surface area (Å²) in [5, 5.41) is 14.4. The summed E-state index contributed by atoms with van der Waals surface area (Å²) in [6, 6.07) is 12.7. The third kappa shape index (κ3) is 4.36. The van der Waals surface area contributed by atoms with Gasteiger partial charge in [-0.1, -0.05) is 36.0 Å². The maximum absolute atomic E-state index is 4.47. The largest absolute Gasteiger partial charge is 0.379 e. The van der Waals surface area contributed by atoms with Gasteiger partial charge in [0.05, 0.1) is 6.54 Å². The minimum atomic E-state index is 0.751. The molecule has 1 aromatic carbocycles. The lowest BCUT2D eigenvalue weighted by molar-refractivity contribution is 0.258. The summed E-state index contributed by atoms with van der Waals surface area (Å²) in [5.41, 5.74) is 3.57. The Bertz CT molecular complexity index is 876. The lowest BCUT2D eigenvalue weighted by Crippen LogP contribution is -2.46. The van der Waals surface area contributed by atoms with Gasteiger partial charge in [-0.2, -0.15) is 0 Å². The Kier molecular flexibility index (Phi) is 5.92. The highest BCUT2D eigenvalue weighted by molar-refractivity contribution is 7.17. The molecule has 1 N–H and O–H groups in total. The molecule has 0 bridgehead atoms. The second-order valence-electron chi connectivity index (χ2n) is 7.29. The lowest BCUT2D eigenvalue weighted by Gasteiger charge is -2.33. The van der Waals surface area contributed by atoms with Gasteiger partial charge in [0.25, 0.3) is 0 Å². The highest BCUT2D eigenvalue weighted by Crippen LogP contribution is 2.25. The van der Waals surface area contributed by atoms with Crippen molar-refractivity contribution >= 4 is 22.2 Å². The second kappa shape index (κ2) is 8.75. The number of benzene rings is 1. The molecule has 0 spiro atoms. The molecule has 1 fully saturated rings. The Morgan fingerprint density at radius 2 is 1.75 bits per heavy atom. The van der Waals surface area contributed by atoms with Gasteiger partial charge in [-0.05, 0) is 44.2 Å². The molecule has 148 valence electrons. The van der Waals surface area contributed by atoms with Crippen LogP contribution >= 0.6 is 11.3 Å². The van der Waals surface area contributed by atoms with Gasteiger partial charge < -0.3 is 10.2 Å². The Balaban J connectivity index is 1.40. The third-order valence-electron chi connectivity index (χ3n) is 5.15. The molecule has 28 heavy (non-hydrogen) atoms. The van der Waals surface area contributed by atoms with Crippen LogP contribution in [-0.2, 0) is 6.54 Å². The predicted molar refractivity (Wildman–Crippen MR) is 117 cm³/mol. The summed E-state index contributed by atoms with van der Waals surface area (Å²) in [6.45, 7) is 10.6. The van der Waals surface area contributed by atoms with Crippen LogP contribution in [0.4, 0.5) is 10.8 Å². The van der Waals surface area contributed by atoms with Crippen LogP contribution in [0.15, 0.2) is 42.6 Å². The molecule has 0 aliphatic carbocycles. The number of rotatable bonds is 7. The topological polar surface area (TPSA) is 49.2 Å². The summed E-state index contributed by atoms with van der Waals surface area (Å²) in [7, 11) is 0. The predicted octanol–water partition coefficient (Wildman–Crippen LogP) is 3.78. The van der Waals surface area contributed by atoms with Crippen LogP contribution in [0, 0.1) is 6.92 Å². The molecular weight excluding hydrogens is 368 g/mol. The zero-order valence-electron chi connectivity index (χ0n) is 16.6. The summed E-state index contributed by atoms with van der Waals surface area (Å²) < 4.78 is 2.13. The standard InChI is InChI=1S/C21H28N6S/c1-3-10-25-12-14-26(15-13-25)20-23-24-21(28-20)27-11-4-5-19(27)16-22-18-8-6-17(2)7-9-18/h4-9,11,22H,3,10,12-16H2,1-2H3. The van der Waals surface area contributed by atoms with Crippen LogP contribution < -0.4 is 10.2 Å². The zero-order chi connectivity index (χ0) is 19.3. The molecule has 3 heterocycles. The first kappa shape index (κ1) is 19.0. The van der Waals surface area contributed by atoms with E-state index in [1.165, 1.54) is 24.2 Å². The van der Waals surface area contributed by atoms with Crippen molar-refractivity contribution in [3.63, 3.8) is 0 Å². The second-order valence-corrected chi connectivity index (χ2v) is 8.22. The Labute approximate surface area is 170 Å². The highest BCUT2D eigenvalue weighted by Gasteiger charge is 2.20. The normalized spacial score (nSPS) is 15.1. The number of nitrogens with one attached hydrogen (secondary N) is 1. The maximum Gasteiger partial charge on any atom is 0.218 e. The number of piperazine rings is 1. The van der Waals surface area contributed by atoms with E-state index in [0.29, 0.717) is 0 Å². The van der Waals surface area contributed by atoms with Crippen LogP contribution in [0.25, 0.3) is 5.13 Å². The maximum atomic E-state index is 4.47. The van der Waals surface area contributed by atoms with E-state index in [1.807, 2.05) is 0 Å². The fourth-order valence-electron chi connectivity index (χ4n) is 3.52. The van der Waals surface area contributed by atoms with Gasteiger partial charge in [-0.15, -0.1) is 10.2 Å². The summed E-state index contributed by atoms with van der Waals surface area (Å²) >= 11 is 1.67. The van der Waals surface area contributed by atoms with E-state index < -0.39 is 0 Å². The van der Waals surface area contributed by atoms with Gasteiger partial charge in [0.1, 0.15) is 0 Å². The van der Waals surface area contributed by atoms with E-state index in [0.717, 1.165) is 48.7 Å². The molecular formula is C21H28N6S. The van der Waals surface area contributed by atoms with Crippen molar-refractivity contribution in [3.8, 4) is 5.13 Å². The van der Waals surface area contributed by atoms with Crippen molar-refractivity contribution < 1.29 is 0 Å². The van der Waals surface area contributed by atoms with Crippen molar-refractivity contribution in [2.45, 2.75) is 26.8 Å². The molecule has 1 aliphatic heterocycles. The monoisotopic (exact) mass is 396 g/mol. The molecule has 0 amide bonds. The van der Waals surface area contributed by atoms with Crippen LogP contribution in [-0.4, -0.2) is 52.4 Å². The molecule has 0 saturated carbocycles. The number of anilines is 2. The summed E-state index contributed by atoms with van der Waals surface area (Å²) in [5.74, 6) is 0. The van der Waals surface area contributed by atoms with Gasteiger partial charge in [-0.25, -0.2) is 0 Å². The third-order valence-corrected chi connectivity index (χ3v) is 6.13. The zero-order valence-corrected chi connectivity index (χ0v) is 17.5. The molecule has 4 rings (SSSR count). The first-order chi connectivity index (χ1) is 13.7. The van der Waals surface area contributed by atoms with Crippen LogP contribution in [0.2, 0.25) is 0 Å². The number of aryl methyl sites for hydroxylation is 1. The van der Waals surface area contributed by atoms with Crippen molar-refractivity contribution in [2.75, 3.05) is 42.9 Å². The molecule has 0 radical (unpaired) electrons. The summed E-state index contributed by atoms with van der Waals surface area (Å²) in [6.07, 6.45) is 3.28. The SMILES string of the molecule is CCCN1CCN(c2nnc(-n3cccc3CNc3ccc(C)cc3)s2)CC1. The van der Waals surface area contributed by atoms with E-state index in [1.54, 1.807) is 11.3 Å². The molecule has 7 heteroatoms. The van der Waals surface area contributed by atoms with Crippen LogP contribution in [0.3, 0.4) is 0 Å². The molecule has 6 nitrogen and oxygen atoms in total. The molecule has 0 atom stereocenters. The van der Waals surface area contributed by atoms with Gasteiger partial charge in [0.15, 0.2) is 0 Å². The fourth-order valence-corrected chi connectivity index (χ4v) is 4.44. The number of aromatic nitrogens is 3. The Morgan fingerprint density at radius 3 is 2.50 bits per heavy atom. The van der Waals surface area contributed by atoms with Crippen molar-refractivity contribution in [3.05, 3.63) is 53.9 Å². The van der Waals surface area contributed by atoms with E-state index in [4.69, 9.17) is 0 Å². The van der Waals surface area contributed by atoms with Crippen molar-refractivity contribution in [1.82, 2.24) is 19.7 Å². The van der Waals surface area contributed by atoms with E-state index >= 15 is 0 Å². The molecule has 2 aromatic heterocycles. The van der Waals surface area contributed by atoms with E-state index in [-0.39, 0.29) is 0 Å². The first-order valence-electron chi connectivity index (χ1n) is 10.0. The fraction of sp³-hybridized carbons (Fsp3) is 0.429. The molecule has 0 unspecified atom stereocenters. The van der Waals surface area contributed by atoms with Crippen LogP contribution in [0.5, 0.6) is 0 Å². The first-order valence-corrected chi connectivity index (χ1v) is 10.8. The number of hydrogen-bond donors (Lipinski definition) is 1. The minimum Gasteiger partial charge on any atom is -0.379 e. The Hall–Kier alpha value is -2.38. The molecule has 1 saturated heterocycles. The van der Waals surface area contributed by atoms with Gasteiger partial charge >= 0.3 is 0 Å². The van der Waals surface area contributed by atoms with Gasteiger partial charge in [0.2, 0.25) is 10.3 Å². The van der Waals surface area contributed by atoms with Crippen LogP contribution in [0.1, 0.15) is 24.6 Å². The lowest BCUT2D eigenvalue weighted by atomic mass is 10.2. The molecule has 3 aromatic rings. The average molecular weight is 397 g/mol. The van der Waals surface area contributed by atoms with Crippen molar-refractivity contribution in [2.24, 2.45) is 0 Å². The molecule has 1 aliphatic rings. The average Bonchev–Trinajstić information content (AvgIpc) is 3.38. The quantitative estimate of drug-likeness (QED) is 0.659.